The monoisotopic (exact) mass is 213 g/mol. The van der Waals surface area contributed by atoms with Crippen LogP contribution in [0.2, 0.25) is 5.02 Å². The van der Waals surface area contributed by atoms with Crippen LogP contribution in [0, 0.1) is 11.7 Å². The van der Waals surface area contributed by atoms with Crippen LogP contribution in [0.25, 0.3) is 0 Å². The third-order valence-corrected chi connectivity index (χ3v) is 2.47. The van der Waals surface area contributed by atoms with Gasteiger partial charge in [-0.15, -0.1) is 0 Å². The highest BCUT2D eigenvalue weighted by Gasteiger charge is 2.30. The minimum atomic E-state index is -0.494. The van der Waals surface area contributed by atoms with Crippen LogP contribution >= 0.6 is 11.6 Å². The fourth-order valence-electron chi connectivity index (χ4n) is 1.19. The zero-order valence-electron chi connectivity index (χ0n) is 7.39. The number of rotatable bonds is 2. The van der Waals surface area contributed by atoms with Gasteiger partial charge in [-0.2, -0.15) is 0 Å². The zero-order chi connectivity index (χ0) is 10.1. The summed E-state index contributed by atoms with van der Waals surface area (Å²) < 4.78 is 13.2. The highest BCUT2D eigenvalue weighted by Crippen LogP contribution is 2.32. The van der Waals surface area contributed by atoms with Gasteiger partial charge in [0.2, 0.25) is 5.91 Å². The van der Waals surface area contributed by atoms with E-state index in [0.29, 0.717) is 0 Å². The predicted octanol–water partition coefficient (Wildman–Crippen LogP) is 2.83. The Labute approximate surface area is 86.1 Å². The van der Waals surface area contributed by atoms with Gasteiger partial charge in [0, 0.05) is 5.92 Å². The Bertz CT molecular complexity index is 356. The Morgan fingerprint density at radius 2 is 2.21 bits per heavy atom. The summed E-state index contributed by atoms with van der Waals surface area (Å²) in [5, 5.41) is 2.73. The molecular weight excluding hydrogens is 205 g/mol. The lowest BCUT2D eigenvalue weighted by Gasteiger charge is -2.06. The van der Waals surface area contributed by atoms with Crippen LogP contribution in [0.3, 0.4) is 0 Å². The van der Waals surface area contributed by atoms with Crippen molar-refractivity contribution in [1.29, 1.82) is 0 Å². The predicted molar refractivity (Wildman–Crippen MR) is 52.8 cm³/mol. The second-order valence-corrected chi connectivity index (χ2v) is 3.77. The van der Waals surface area contributed by atoms with Gasteiger partial charge in [0.25, 0.3) is 0 Å². The second kappa shape index (κ2) is 3.58. The van der Waals surface area contributed by atoms with E-state index in [1.54, 1.807) is 6.07 Å². The van der Waals surface area contributed by atoms with E-state index in [1.165, 1.54) is 12.1 Å². The fraction of sp³-hybridized carbons (Fsp3) is 0.300. The maximum absolute atomic E-state index is 13.2. The number of amides is 1. The van der Waals surface area contributed by atoms with Crippen molar-refractivity contribution in [2.45, 2.75) is 12.8 Å². The molecule has 1 aromatic carbocycles. The van der Waals surface area contributed by atoms with E-state index in [2.05, 4.69) is 5.32 Å². The van der Waals surface area contributed by atoms with Crippen molar-refractivity contribution in [3.8, 4) is 0 Å². The minimum absolute atomic E-state index is 0.0469. The zero-order valence-corrected chi connectivity index (χ0v) is 8.14. The van der Waals surface area contributed by atoms with Crippen molar-refractivity contribution in [3.63, 3.8) is 0 Å². The van der Waals surface area contributed by atoms with E-state index < -0.39 is 5.82 Å². The first-order valence-corrected chi connectivity index (χ1v) is 4.81. The van der Waals surface area contributed by atoms with Gasteiger partial charge < -0.3 is 5.32 Å². The largest absolute Gasteiger partial charge is 0.322 e. The van der Waals surface area contributed by atoms with E-state index >= 15 is 0 Å². The van der Waals surface area contributed by atoms with Gasteiger partial charge in [-0.3, -0.25) is 4.79 Å². The van der Waals surface area contributed by atoms with E-state index in [0.717, 1.165) is 12.8 Å². The molecule has 1 aliphatic rings. The molecule has 0 unspecified atom stereocenters. The standard InChI is InChI=1S/C10H9ClFNO/c11-7-2-1-3-8(12)9(7)13-10(14)6-4-5-6/h1-3,6H,4-5H2,(H,13,14). The molecule has 0 atom stereocenters. The molecule has 2 rings (SSSR count). The van der Waals surface area contributed by atoms with Gasteiger partial charge in [0.1, 0.15) is 5.82 Å². The molecule has 14 heavy (non-hydrogen) atoms. The molecule has 1 amide bonds. The van der Waals surface area contributed by atoms with Crippen LogP contribution in [-0.4, -0.2) is 5.91 Å². The lowest BCUT2D eigenvalue weighted by Crippen LogP contribution is -2.14. The van der Waals surface area contributed by atoms with Crippen LogP contribution < -0.4 is 5.32 Å². The van der Waals surface area contributed by atoms with Crippen molar-refractivity contribution in [1.82, 2.24) is 0 Å². The maximum atomic E-state index is 13.2. The Kier molecular flexibility index (Phi) is 2.42. The van der Waals surface area contributed by atoms with Crippen molar-refractivity contribution in [3.05, 3.63) is 29.0 Å². The highest BCUT2D eigenvalue weighted by atomic mass is 35.5. The minimum Gasteiger partial charge on any atom is -0.322 e. The number of halogens is 2. The van der Waals surface area contributed by atoms with Gasteiger partial charge >= 0.3 is 0 Å². The molecule has 1 saturated carbocycles. The van der Waals surface area contributed by atoms with Crippen molar-refractivity contribution in [2.75, 3.05) is 5.32 Å². The number of carbonyl (C=O) groups is 1. The number of hydrogen-bond acceptors (Lipinski definition) is 1. The third kappa shape index (κ3) is 1.87. The summed E-state index contributed by atoms with van der Waals surface area (Å²) in [5.74, 6) is -0.589. The van der Waals surface area contributed by atoms with Gasteiger partial charge in [-0.25, -0.2) is 4.39 Å². The van der Waals surface area contributed by atoms with Crippen LogP contribution in [-0.2, 0) is 4.79 Å². The lowest BCUT2D eigenvalue weighted by atomic mass is 10.3. The molecule has 0 radical (unpaired) electrons. The van der Waals surface area contributed by atoms with Gasteiger partial charge in [-0.1, -0.05) is 17.7 Å². The number of nitrogens with one attached hydrogen (secondary N) is 1. The Morgan fingerprint density at radius 1 is 1.50 bits per heavy atom. The first-order chi connectivity index (χ1) is 6.68. The molecule has 0 aliphatic heterocycles. The molecule has 1 N–H and O–H groups in total. The van der Waals surface area contributed by atoms with E-state index in [4.69, 9.17) is 11.6 Å². The average Bonchev–Trinajstić information content (AvgIpc) is 2.94. The first kappa shape index (κ1) is 9.46. The first-order valence-electron chi connectivity index (χ1n) is 4.43. The number of carbonyl (C=O) groups excluding carboxylic acids is 1. The number of benzene rings is 1. The summed E-state index contributed by atoms with van der Waals surface area (Å²) >= 11 is 5.74. The number of anilines is 1. The highest BCUT2D eigenvalue weighted by molar-refractivity contribution is 6.33. The van der Waals surface area contributed by atoms with E-state index in [-0.39, 0.29) is 22.5 Å². The molecule has 4 heteroatoms. The normalized spacial score (nSPS) is 15.3. The molecule has 0 aromatic heterocycles. The van der Waals surface area contributed by atoms with Crippen LogP contribution in [0.1, 0.15) is 12.8 Å². The molecule has 1 aliphatic carbocycles. The molecule has 0 spiro atoms. The van der Waals surface area contributed by atoms with Crippen LogP contribution in [0.4, 0.5) is 10.1 Å². The summed E-state index contributed by atoms with van der Waals surface area (Å²) in [6, 6.07) is 4.33. The Hall–Kier alpha value is -1.09. The Balaban J connectivity index is 2.18. The van der Waals surface area contributed by atoms with Gasteiger partial charge in [0.15, 0.2) is 0 Å². The molecule has 1 aromatic rings. The van der Waals surface area contributed by atoms with Crippen molar-refractivity contribution in [2.24, 2.45) is 5.92 Å². The molecule has 2 nitrogen and oxygen atoms in total. The summed E-state index contributed by atoms with van der Waals surface area (Å²) in [5.41, 5.74) is 0.0890. The molecule has 0 bridgehead atoms. The molecule has 74 valence electrons. The number of para-hydroxylation sites is 1. The summed E-state index contributed by atoms with van der Waals surface area (Å²) in [4.78, 5) is 11.3. The van der Waals surface area contributed by atoms with Crippen LogP contribution in [0.5, 0.6) is 0 Å². The van der Waals surface area contributed by atoms with E-state index in [1.807, 2.05) is 0 Å². The van der Waals surface area contributed by atoms with E-state index in [9.17, 15) is 9.18 Å². The molecule has 0 heterocycles. The maximum Gasteiger partial charge on any atom is 0.227 e. The number of hydrogen-bond donors (Lipinski definition) is 1. The molecular formula is C10H9ClFNO. The molecule has 0 saturated heterocycles. The average molecular weight is 214 g/mol. The SMILES string of the molecule is O=C(Nc1c(F)cccc1Cl)C1CC1. The van der Waals surface area contributed by atoms with Gasteiger partial charge in [-0.05, 0) is 25.0 Å². The topological polar surface area (TPSA) is 29.1 Å². The Morgan fingerprint density at radius 3 is 2.79 bits per heavy atom. The fourth-order valence-corrected chi connectivity index (χ4v) is 1.40. The smallest absolute Gasteiger partial charge is 0.227 e. The molecule has 1 fully saturated rings. The summed E-state index contributed by atoms with van der Waals surface area (Å²) in [7, 11) is 0. The summed E-state index contributed by atoms with van der Waals surface area (Å²) in [6.07, 6.45) is 1.77. The lowest BCUT2D eigenvalue weighted by molar-refractivity contribution is -0.117. The third-order valence-electron chi connectivity index (χ3n) is 2.16. The quantitative estimate of drug-likeness (QED) is 0.804. The van der Waals surface area contributed by atoms with Gasteiger partial charge in [0.05, 0.1) is 10.7 Å². The second-order valence-electron chi connectivity index (χ2n) is 3.36. The van der Waals surface area contributed by atoms with Crippen molar-refractivity contribution >= 4 is 23.2 Å². The summed E-state index contributed by atoms with van der Waals surface area (Å²) in [6.45, 7) is 0. The van der Waals surface area contributed by atoms with Crippen molar-refractivity contribution < 1.29 is 9.18 Å². The van der Waals surface area contributed by atoms with Crippen LogP contribution in [0.15, 0.2) is 18.2 Å².